The van der Waals surface area contributed by atoms with Crippen LogP contribution in [0.2, 0.25) is 0 Å². The van der Waals surface area contributed by atoms with Crippen LogP contribution in [0.25, 0.3) is 20.8 Å². The number of pyridine rings is 1. The van der Waals surface area contributed by atoms with Gasteiger partial charge < -0.3 is 14.8 Å². The highest BCUT2D eigenvalue weighted by Gasteiger charge is 2.11. The van der Waals surface area contributed by atoms with Crippen LogP contribution in [-0.4, -0.2) is 36.6 Å². The Kier molecular flexibility index (Phi) is 5.90. The van der Waals surface area contributed by atoms with Gasteiger partial charge in [0.25, 0.3) is 5.91 Å². The number of nitrogens with one attached hydrogen (secondary N) is 1. The van der Waals surface area contributed by atoms with Crippen molar-refractivity contribution in [3.63, 3.8) is 0 Å². The molecule has 6 nitrogen and oxygen atoms in total. The number of amides is 1. The monoisotopic (exact) mass is 419 g/mol. The Balaban J connectivity index is 1.42. The smallest absolute Gasteiger partial charge is 0.251 e. The number of aromatic nitrogens is 2. The standard InChI is InChI=1S/C23H21N3O3S/c1-28-18-7-3-15(4-8-18)11-12-24-22(27)16-5-9-19-20(13-16)30-23(26-19)17-6-10-21(29-2)25-14-17/h3-10,13-14H,11-12H2,1-2H3,(H,24,27). The van der Waals surface area contributed by atoms with E-state index in [0.717, 1.165) is 38.5 Å². The summed E-state index contributed by atoms with van der Waals surface area (Å²) in [6.45, 7) is 0.564. The van der Waals surface area contributed by atoms with Gasteiger partial charge in [-0.15, -0.1) is 11.3 Å². The number of methoxy groups -OCH3 is 2. The van der Waals surface area contributed by atoms with Crippen molar-refractivity contribution < 1.29 is 14.3 Å². The summed E-state index contributed by atoms with van der Waals surface area (Å²) in [6, 6.07) is 17.2. The van der Waals surface area contributed by atoms with E-state index in [4.69, 9.17) is 9.47 Å². The molecule has 0 fully saturated rings. The van der Waals surface area contributed by atoms with Crippen LogP contribution < -0.4 is 14.8 Å². The van der Waals surface area contributed by atoms with Crippen LogP contribution in [0, 0.1) is 0 Å². The zero-order chi connectivity index (χ0) is 20.9. The Morgan fingerprint density at radius 3 is 2.57 bits per heavy atom. The highest BCUT2D eigenvalue weighted by molar-refractivity contribution is 7.21. The van der Waals surface area contributed by atoms with Crippen LogP contribution in [0.1, 0.15) is 15.9 Å². The molecule has 0 aliphatic heterocycles. The average Bonchev–Trinajstić information content (AvgIpc) is 3.23. The maximum atomic E-state index is 12.6. The third kappa shape index (κ3) is 4.41. The Hall–Kier alpha value is -3.45. The second-order valence-corrected chi connectivity index (χ2v) is 7.68. The van der Waals surface area contributed by atoms with Gasteiger partial charge >= 0.3 is 0 Å². The van der Waals surface area contributed by atoms with E-state index in [1.807, 2.05) is 48.5 Å². The van der Waals surface area contributed by atoms with Crippen molar-refractivity contribution in [3.8, 4) is 22.2 Å². The number of nitrogens with zero attached hydrogens (tertiary/aromatic N) is 2. The summed E-state index contributed by atoms with van der Waals surface area (Å²) in [5.41, 5.74) is 3.55. The molecule has 1 amide bonds. The molecule has 0 saturated carbocycles. The van der Waals surface area contributed by atoms with Gasteiger partial charge in [-0.2, -0.15) is 0 Å². The predicted molar refractivity (Wildman–Crippen MR) is 118 cm³/mol. The molecule has 0 saturated heterocycles. The zero-order valence-corrected chi connectivity index (χ0v) is 17.5. The van der Waals surface area contributed by atoms with Crippen LogP contribution in [0.4, 0.5) is 0 Å². The summed E-state index contributed by atoms with van der Waals surface area (Å²) in [6.07, 6.45) is 2.50. The number of fused-ring (bicyclic) bond motifs is 1. The number of hydrogen-bond acceptors (Lipinski definition) is 6. The minimum atomic E-state index is -0.0912. The molecular weight excluding hydrogens is 398 g/mol. The third-order valence-corrected chi connectivity index (χ3v) is 5.77. The van der Waals surface area contributed by atoms with Crippen LogP contribution in [0.5, 0.6) is 11.6 Å². The Bertz CT molecular complexity index is 1150. The lowest BCUT2D eigenvalue weighted by Crippen LogP contribution is -2.25. The van der Waals surface area contributed by atoms with Crippen LogP contribution >= 0.6 is 11.3 Å². The fourth-order valence-corrected chi connectivity index (χ4v) is 4.03. The first-order chi connectivity index (χ1) is 14.7. The second kappa shape index (κ2) is 8.92. The van der Waals surface area contributed by atoms with Crippen molar-refractivity contribution in [2.24, 2.45) is 0 Å². The zero-order valence-electron chi connectivity index (χ0n) is 16.7. The summed E-state index contributed by atoms with van der Waals surface area (Å²) in [5.74, 6) is 1.30. The Morgan fingerprint density at radius 2 is 1.87 bits per heavy atom. The maximum absolute atomic E-state index is 12.6. The van der Waals surface area contributed by atoms with E-state index in [1.54, 1.807) is 26.5 Å². The minimum absolute atomic E-state index is 0.0912. The van der Waals surface area contributed by atoms with Crippen molar-refractivity contribution in [1.82, 2.24) is 15.3 Å². The van der Waals surface area contributed by atoms with E-state index in [2.05, 4.69) is 15.3 Å². The van der Waals surface area contributed by atoms with Crippen molar-refractivity contribution in [3.05, 3.63) is 71.9 Å². The van der Waals surface area contributed by atoms with Gasteiger partial charge in [-0.25, -0.2) is 9.97 Å². The van der Waals surface area contributed by atoms with E-state index in [0.29, 0.717) is 18.0 Å². The molecule has 2 aromatic heterocycles. The normalized spacial score (nSPS) is 10.7. The number of rotatable bonds is 7. The third-order valence-electron chi connectivity index (χ3n) is 4.70. The van der Waals surface area contributed by atoms with Crippen molar-refractivity contribution in [1.29, 1.82) is 0 Å². The molecule has 2 aromatic carbocycles. The highest BCUT2D eigenvalue weighted by Crippen LogP contribution is 2.31. The van der Waals surface area contributed by atoms with E-state index in [1.165, 1.54) is 11.3 Å². The first-order valence-corrected chi connectivity index (χ1v) is 10.3. The summed E-state index contributed by atoms with van der Waals surface area (Å²) in [4.78, 5) is 21.4. The largest absolute Gasteiger partial charge is 0.497 e. The molecule has 4 rings (SSSR count). The number of carbonyl (C=O) groups excluding carboxylic acids is 1. The lowest BCUT2D eigenvalue weighted by molar-refractivity contribution is 0.0954. The van der Waals surface area contributed by atoms with Crippen LogP contribution in [0.3, 0.4) is 0 Å². The van der Waals surface area contributed by atoms with E-state index in [9.17, 15) is 4.79 Å². The predicted octanol–water partition coefficient (Wildman–Crippen LogP) is 4.35. The molecule has 0 bridgehead atoms. The van der Waals surface area contributed by atoms with Gasteiger partial charge in [0, 0.05) is 29.9 Å². The van der Waals surface area contributed by atoms with Gasteiger partial charge in [-0.3, -0.25) is 4.79 Å². The fourth-order valence-electron chi connectivity index (χ4n) is 3.03. The molecule has 4 aromatic rings. The van der Waals surface area contributed by atoms with Gasteiger partial charge in [-0.05, 0) is 48.4 Å². The molecule has 0 aliphatic carbocycles. The van der Waals surface area contributed by atoms with Gasteiger partial charge in [0.15, 0.2) is 0 Å². The SMILES string of the molecule is COc1ccc(CCNC(=O)c2ccc3nc(-c4ccc(OC)nc4)sc3c2)cc1. The van der Waals surface area contributed by atoms with E-state index < -0.39 is 0 Å². The van der Waals surface area contributed by atoms with Crippen molar-refractivity contribution >= 4 is 27.5 Å². The van der Waals surface area contributed by atoms with E-state index in [-0.39, 0.29) is 5.91 Å². The Labute approximate surface area is 178 Å². The quantitative estimate of drug-likeness (QED) is 0.482. The van der Waals surface area contributed by atoms with Crippen molar-refractivity contribution in [2.45, 2.75) is 6.42 Å². The highest BCUT2D eigenvalue weighted by atomic mass is 32.1. The number of ether oxygens (including phenoxy) is 2. The van der Waals surface area contributed by atoms with E-state index >= 15 is 0 Å². The van der Waals surface area contributed by atoms with Gasteiger partial charge in [0.1, 0.15) is 10.8 Å². The molecule has 0 unspecified atom stereocenters. The molecule has 1 N–H and O–H groups in total. The molecule has 0 radical (unpaired) electrons. The summed E-state index contributed by atoms with van der Waals surface area (Å²) >= 11 is 1.54. The van der Waals surface area contributed by atoms with Gasteiger partial charge in [0.05, 0.1) is 24.4 Å². The lowest BCUT2D eigenvalue weighted by Gasteiger charge is -2.06. The van der Waals surface area contributed by atoms with Gasteiger partial charge in [-0.1, -0.05) is 12.1 Å². The minimum Gasteiger partial charge on any atom is -0.497 e. The molecule has 0 aliphatic rings. The first kappa shape index (κ1) is 19.8. The van der Waals surface area contributed by atoms with Gasteiger partial charge in [0.2, 0.25) is 5.88 Å². The lowest BCUT2D eigenvalue weighted by atomic mass is 10.1. The summed E-state index contributed by atoms with van der Waals surface area (Å²) in [5, 5.41) is 3.84. The molecule has 2 heterocycles. The molecule has 152 valence electrons. The van der Waals surface area contributed by atoms with Crippen LogP contribution in [-0.2, 0) is 6.42 Å². The molecule has 0 atom stereocenters. The maximum Gasteiger partial charge on any atom is 0.251 e. The average molecular weight is 420 g/mol. The number of carbonyl (C=O) groups is 1. The summed E-state index contributed by atoms with van der Waals surface area (Å²) < 4.78 is 11.2. The molecule has 30 heavy (non-hydrogen) atoms. The number of thiazole rings is 1. The van der Waals surface area contributed by atoms with Crippen LogP contribution in [0.15, 0.2) is 60.8 Å². The fraction of sp³-hybridized carbons (Fsp3) is 0.174. The number of hydrogen-bond donors (Lipinski definition) is 1. The number of benzene rings is 2. The summed E-state index contributed by atoms with van der Waals surface area (Å²) in [7, 11) is 3.23. The molecule has 7 heteroatoms. The first-order valence-electron chi connectivity index (χ1n) is 9.48. The molecular formula is C23H21N3O3S. The van der Waals surface area contributed by atoms with Crippen molar-refractivity contribution in [2.75, 3.05) is 20.8 Å². The molecule has 0 spiro atoms. The topological polar surface area (TPSA) is 73.3 Å². The Morgan fingerprint density at radius 1 is 1.03 bits per heavy atom. The second-order valence-electron chi connectivity index (χ2n) is 6.64.